The minimum Gasteiger partial charge on any atom is -0.493 e. The van der Waals surface area contributed by atoms with Crippen LogP contribution < -0.4 is 15.4 Å². The predicted molar refractivity (Wildman–Crippen MR) is 178 cm³/mol. The van der Waals surface area contributed by atoms with Crippen molar-refractivity contribution in [2.45, 2.75) is 111 Å². The molecule has 1 heterocycles. The minimum absolute atomic E-state index is 0.0884. The van der Waals surface area contributed by atoms with E-state index in [9.17, 15) is 24.6 Å². The molecule has 0 spiro atoms. The van der Waals surface area contributed by atoms with Crippen LogP contribution >= 0.6 is 0 Å². The lowest BCUT2D eigenvalue weighted by Gasteiger charge is -2.33. The van der Waals surface area contributed by atoms with Crippen molar-refractivity contribution in [1.82, 2.24) is 15.5 Å². The molecule has 1 saturated heterocycles. The lowest BCUT2D eigenvalue weighted by Crippen LogP contribution is -2.49. The Morgan fingerprint density at radius 2 is 1.76 bits per heavy atom. The number of nitrogens with one attached hydrogen (secondary N) is 2. The second kappa shape index (κ2) is 18.3. The van der Waals surface area contributed by atoms with Gasteiger partial charge in [-0.25, -0.2) is 9.59 Å². The molecule has 1 aromatic carbocycles. The summed E-state index contributed by atoms with van der Waals surface area (Å²) in [6.45, 7) is 17.3. The number of carbonyl (C=O) groups excluding carboxylic acids is 2. The van der Waals surface area contributed by atoms with Gasteiger partial charge in [-0.1, -0.05) is 39.8 Å². The Kier molecular flexibility index (Phi) is 15.6. The van der Waals surface area contributed by atoms with Crippen molar-refractivity contribution in [2.24, 2.45) is 23.7 Å². The van der Waals surface area contributed by atoms with Gasteiger partial charge < -0.3 is 40.0 Å². The van der Waals surface area contributed by atoms with Gasteiger partial charge in [0.2, 0.25) is 5.91 Å². The molecule has 0 aliphatic carbocycles. The average molecular weight is 650 g/mol. The molecule has 0 bridgehead atoms. The number of methoxy groups -OCH3 is 1. The number of aliphatic hydroxyl groups is 1. The second-order valence-corrected chi connectivity index (χ2v) is 14.4. The third-order valence-corrected chi connectivity index (χ3v) is 8.61. The van der Waals surface area contributed by atoms with Crippen molar-refractivity contribution in [1.29, 1.82) is 0 Å². The topological polar surface area (TPSA) is 147 Å². The summed E-state index contributed by atoms with van der Waals surface area (Å²) in [7, 11) is 1.67. The summed E-state index contributed by atoms with van der Waals surface area (Å²) in [5.41, 5.74) is 1.43. The summed E-state index contributed by atoms with van der Waals surface area (Å²) in [6.07, 6.45) is 0.00814. The highest BCUT2D eigenvalue weighted by Gasteiger charge is 2.35. The number of likely N-dealkylation sites (tertiary alicyclic amines) is 1. The maximum Gasteiger partial charge on any atom is 0.407 e. The largest absolute Gasteiger partial charge is 0.493 e. The Bertz CT molecular complexity index is 1120. The average Bonchev–Trinajstić information content (AvgIpc) is 3.42. The third kappa shape index (κ3) is 13.4. The number of benzene rings is 1. The van der Waals surface area contributed by atoms with Crippen LogP contribution in [0.2, 0.25) is 0 Å². The molecule has 1 aromatic rings. The van der Waals surface area contributed by atoms with Crippen molar-refractivity contribution in [2.75, 3.05) is 33.4 Å². The van der Waals surface area contributed by atoms with E-state index in [0.29, 0.717) is 39.0 Å². The molecule has 5 atom stereocenters. The van der Waals surface area contributed by atoms with E-state index in [2.05, 4.69) is 42.7 Å². The minimum atomic E-state index is -1.02. The lowest BCUT2D eigenvalue weighted by molar-refractivity contribution is -0.128. The lowest BCUT2D eigenvalue weighted by atomic mass is 9.80. The van der Waals surface area contributed by atoms with Crippen LogP contribution in [0.4, 0.5) is 9.59 Å². The maximum absolute atomic E-state index is 13.4. The fourth-order valence-electron chi connectivity index (χ4n) is 5.77. The first kappa shape index (κ1) is 39.1. The molecule has 3 amide bonds. The number of ether oxygens (including phenoxy) is 3. The summed E-state index contributed by atoms with van der Waals surface area (Å²) < 4.78 is 16.7. The number of amides is 3. The summed E-state index contributed by atoms with van der Waals surface area (Å²) in [6, 6.07) is 5.27. The van der Waals surface area contributed by atoms with Gasteiger partial charge in [0.1, 0.15) is 11.4 Å². The van der Waals surface area contributed by atoms with Crippen molar-refractivity contribution in [3.63, 3.8) is 0 Å². The van der Waals surface area contributed by atoms with Crippen molar-refractivity contribution < 1.29 is 38.8 Å². The number of nitrogens with zero attached hydrogens (tertiary/aromatic N) is 1. The number of carbonyl (C=O) groups is 3. The smallest absolute Gasteiger partial charge is 0.407 e. The van der Waals surface area contributed by atoms with E-state index in [4.69, 9.17) is 14.2 Å². The quantitative estimate of drug-likeness (QED) is 0.164. The molecule has 0 aromatic heterocycles. The van der Waals surface area contributed by atoms with Crippen LogP contribution in [0, 0.1) is 30.6 Å². The van der Waals surface area contributed by atoms with Crippen LogP contribution in [0.15, 0.2) is 18.2 Å². The number of aryl methyl sites for hydroxylation is 1. The normalized spacial score (nSPS) is 17.8. The summed E-state index contributed by atoms with van der Waals surface area (Å²) in [4.78, 5) is 39.0. The molecule has 0 radical (unpaired) electrons. The van der Waals surface area contributed by atoms with E-state index in [-0.39, 0.29) is 42.7 Å². The number of carboxylic acid groups (broad SMARTS) is 1. The van der Waals surface area contributed by atoms with Gasteiger partial charge in [0.25, 0.3) is 0 Å². The number of alkyl carbamates (subject to hydrolysis) is 1. The Hall–Kier alpha value is -3.05. The molecular formula is C35H59N3O8. The fraction of sp³-hybridized carbons (Fsp3) is 0.743. The van der Waals surface area contributed by atoms with Crippen LogP contribution in [-0.4, -0.2) is 90.4 Å². The Labute approximate surface area is 275 Å². The highest BCUT2D eigenvalue weighted by Crippen LogP contribution is 2.29. The Morgan fingerprint density at radius 3 is 2.33 bits per heavy atom. The van der Waals surface area contributed by atoms with Crippen LogP contribution in [0.5, 0.6) is 5.75 Å². The molecule has 46 heavy (non-hydrogen) atoms. The van der Waals surface area contributed by atoms with Gasteiger partial charge in [0, 0.05) is 45.2 Å². The van der Waals surface area contributed by atoms with Crippen molar-refractivity contribution in [3.8, 4) is 5.75 Å². The molecule has 2 rings (SSSR count). The van der Waals surface area contributed by atoms with Crippen LogP contribution in [0.1, 0.15) is 85.3 Å². The van der Waals surface area contributed by atoms with Crippen molar-refractivity contribution >= 4 is 18.1 Å². The Morgan fingerprint density at radius 1 is 1.07 bits per heavy atom. The number of aliphatic hydroxyl groups excluding tert-OH is 1. The molecule has 4 unspecified atom stereocenters. The first-order chi connectivity index (χ1) is 21.5. The van der Waals surface area contributed by atoms with E-state index < -0.39 is 35.9 Å². The summed E-state index contributed by atoms with van der Waals surface area (Å²) in [5, 5.41) is 26.9. The van der Waals surface area contributed by atoms with Crippen molar-refractivity contribution in [3.05, 3.63) is 29.3 Å². The van der Waals surface area contributed by atoms with Gasteiger partial charge in [-0.15, -0.1) is 0 Å². The van der Waals surface area contributed by atoms with Gasteiger partial charge in [-0.3, -0.25) is 4.79 Å². The predicted octanol–water partition coefficient (Wildman–Crippen LogP) is 5.40. The molecule has 4 N–H and O–H groups in total. The molecule has 1 fully saturated rings. The zero-order valence-corrected chi connectivity index (χ0v) is 29.4. The van der Waals surface area contributed by atoms with E-state index in [1.807, 2.05) is 20.8 Å². The fourth-order valence-corrected chi connectivity index (χ4v) is 5.77. The highest BCUT2D eigenvalue weighted by molar-refractivity contribution is 5.79. The van der Waals surface area contributed by atoms with Gasteiger partial charge in [0.05, 0.1) is 18.8 Å². The van der Waals surface area contributed by atoms with Crippen LogP contribution in [0.3, 0.4) is 0 Å². The SMILES string of the molecule is COCCCOc1cc(CC(CC(NC(=O)OC(C)(C)C)C(O)CC(C(=O)N[C@H]2CCN(C(=O)O)C2)C(C)C)C(C)C)ccc1C. The van der Waals surface area contributed by atoms with Gasteiger partial charge >= 0.3 is 12.2 Å². The molecule has 1 aliphatic heterocycles. The summed E-state index contributed by atoms with van der Waals surface area (Å²) >= 11 is 0. The third-order valence-electron chi connectivity index (χ3n) is 8.61. The van der Waals surface area contributed by atoms with Crippen LogP contribution in [-0.2, 0) is 20.7 Å². The molecule has 11 heteroatoms. The van der Waals surface area contributed by atoms with Gasteiger partial charge in [-0.05, 0) is 88.3 Å². The highest BCUT2D eigenvalue weighted by atomic mass is 16.6. The summed E-state index contributed by atoms with van der Waals surface area (Å²) in [5.74, 6) is 0.296. The monoisotopic (exact) mass is 649 g/mol. The van der Waals surface area contributed by atoms with Gasteiger partial charge in [0.15, 0.2) is 0 Å². The standard InChI is InChI=1S/C35H59N3O8/c1-22(2)26(17-25-12-11-24(5)31(18-25)45-16-10-15-44-9)19-29(37-33(41)46-35(6,7)8)30(39)20-28(23(3)4)32(40)36-27-13-14-38(21-27)34(42)43/h11-12,18,22-23,26-30,39H,10,13-17,19-21H2,1-9H3,(H,36,40)(H,37,41)(H,42,43)/t26?,27-,28?,29?,30?/m0/s1. The second-order valence-electron chi connectivity index (χ2n) is 14.4. The Balaban J connectivity index is 2.23. The molecule has 262 valence electrons. The number of hydrogen-bond acceptors (Lipinski definition) is 7. The first-order valence-electron chi connectivity index (χ1n) is 16.7. The molecular weight excluding hydrogens is 590 g/mol. The number of rotatable bonds is 17. The molecule has 11 nitrogen and oxygen atoms in total. The van der Waals surface area contributed by atoms with E-state index in [0.717, 1.165) is 23.3 Å². The maximum atomic E-state index is 13.4. The first-order valence-corrected chi connectivity index (χ1v) is 16.7. The zero-order valence-electron chi connectivity index (χ0n) is 29.4. The van der Waals surface area contributed by atoms with E-state index in [1.165, 1.54) is 4.90 Å². The van der Waals surface area contributed by atoms with E-state index in [1.54, 1.807) is 27.9 Å². The van der Waals surface area contributed by atoms with Crippen LogP contribution in [0.25, 0.3) is 0 Å². The zero-order chi connectivity index (χ0) is 34.6. The van der Waals surface area contributed by atoms with E-state index >= 15 is 0 Å². The molecule has 0 saturated carbocycles. The van der Waals surface area contributed by atoms with Gasteiger partial charge in [-0.2, -0.15) is 0 Å². The number of hydrogen-bond donors (Lipinski definition) is 4. The molecule has 1 aliphatic rings.